The molecule has 1 unspecified atom stereocenters. The van der Waals surface area contributed by atoms with Crippen molar-refractivity contribution in [3.05, 3.63) is 17.7 Å². The topological polar surface area (TPSA) is 96.8 Å². The Bertz CT molecular complexity index is 462. The molecule has 1 aromatic carbocycles. The molecule has 6 heteroatoms. The van der Waals surface area contributed by atoms with Gasteiger partial charge in [-0.1, -0.05) is 0 Å². The SMILES string of the molecule is CC(Oc1cc2c(cc1CCN)OCO2)C(N)=O. The molecule has 98 valence electrons. The second-order valence-corrected chi connectivity index (χ2v) is 4.01. The number of ether oxygens (including phenoxy) is 3. The first kappa shape index (κ1) is 12.5. The molecule has 1 heterocycles. The molecule has 1 aliphatic rings. The van der Waals surface area contributed by atoms with Crippen molar-refractivity contribution >= 4 is 5.91 Å². The molecule has 0 saturated heterocycles. The van der Waals surface area contributed by atoms with E-state index < -0.39 is 12.0 Å². The van der Waals surface area contributed by atoms with Gasteiger partial charge in [0.15, 0.2) is 17.6 Å². The summed E-state index contributed by atoms with van der Waals surface area (Å²) in [6.07, 6.45) is -0.0841. The molecule has 1 atom stereocenters. The Morgan fingerprint density at radius 1 is 1.44 bits per heavy atom. The van der Waals surface area contributed by atoms with Crippen LogP contribution in [0.15, 0.2) is 12.1 Å². The van der Waals surface area contributed by atoms with Crippen LogP contribution in [-0.2, 0) is 11.2 Å². The van der Waals surface area contributed by atoms with Crippen molar-refractivity contribution in [3.63, 3.8) is 0 Å². The summed E-state index contributed by atoms with van der Waals surface area (Å²) >= 11 is 0. The van der Waals surface area contributed by atoms with Gasteiger partial charge in [-0.2, -0.15) is 0 Å². The summed E-state index contributed by atoms with van der Waals surface area (Å²) in [5.41, 5.74) is 11.6. The maximum Gasteiger partial charge on any atom is 0.258 e. The average molecular weight is 252 g/mol. The van der Waals surface area contributed by atoms with E-state index in [-0.39, 0.29) is 6.79 Å². The van der Waals surface area contributed by atoms with Gasteiger partial charge >= 0.3 is 0 Å². The zero-order valence-electron chi connectivity index (χ0n) is 10.1. The Kier molecular flexibility index (Phi) is 3.57. The second-order valence-electron chi connectivity index (χ2n) is 4.01. The van der Waals surface area contributed by atoms with Gasteiger partial charge in [0.2, 0.25) is 6.79 Å². The van der Waals surface area contributed by atoms with Gasteiger partial charge in [0.1, 0.15) is 5.75 Å². The highest BCUT2D eigenvalue weighted by atomic mass is 16.7. The van der Waals surface area contributed by atoms with Crippen LogP contribution < -0.4 is 25.7 Å². The molecule has 2 rings (SSSR count). The molecule has 0 radical (unpaired) electrons. The maximum absolute atomic E-state index is 11.0. The van der Waals surface area contributed by atoms with Gasteiger partial charge in [-0.05, 0) is 31.5 Å². The van der Waals surface area contributed by atoms with Crippen LogP contribution in [0.4, 0.5) is 0 Å². The first-order valence-electron chi connectivity index (χ1n) is 5.70. The standard InChI is InChI=1S/C12H16N2O4/c1-7(12(14)15)18-9-5-11-10(16-6-17-11)4-8(9)2-3-13/h4-5,7H,2-3,6,13H2,1H3,(H2,14,15). The average Bonchev–Trinajstić information content (AvgIpc) is 2.76. The Labute approximate surface area is 105 Å². The molecule has 0 aromatic heterocycles. The molecule has 18 heavy (non-hydrogen) atoms. The Balaban J connectivity index is 2.29. The van der Waals surface area contributed by atoms with Gasteiger partial charge in [-0.15, -0.1) is 0 Å². The van der Waals surface area contributed by atoms with E-state index in [0.29, 0.717) is 30.2 Å². The maximum atomic E-state index is 11.0. The number of hydrogen-bond donors (Lipinski definition) is 2. The number of hydrogen-bond acceptors (Lipinski definition) is 5. The first-order valence-corrected chi connectivity index (χ1v) is 5.70. The molecule has 0 aliphatic carbocycles. The lowest BCUT2D eigenvalue weighted by atomic mass is 10.1. The molecule has 6 nitrogen and oxygen atoms in total. The largest absolute Gasteiger partial charge is 0.480 e. The summed E-state index contributed by atoms with van der Waals surface area (Å²) in [6.45, 7) is 2.26. The lowest BCUT2D eigenvalue weighted by Gasteiger charge is -2.15. The summed E-state index contributed by atoms with van der Waals surface area (Å²) in [5, 5.41) is 0. The highest BCUT2D eigenvalue weighted by Crippen LogP contribution is 2.38. The van der Waals surface area contributed by atoms with Gasteiger partial charge in [0, 0.05) is 6.07 Å². The van der Waals surface area contributed by atoms with Crippen LogP contribution in [0.2, 0.25) is 0 Å². The smallest absolute Gasteiger partial charge is 0.258 e. The van der Waals surface area contributed by atoms with Crippen molar-refractivity contribution < 1.29 is 19.0 Å². The third kappa shape index (κ3) is 2.48. The number of carbonyl (C=O) groups is 1. The monoisotopic (exact) mass is 252 g/mol. The van der Waals surface area contributed by atoms with Crippen molar-refractivity contribution in [2.45, 2.75) is 19.4 Å². The van der Waals surface area contributed by atoms with Crippen LogP contribution >= 0.6 is 0 Å². The Morgan fingerprint density at radius 2 is 2.11 bits per heavy atom. The Hall–Kier alpha value is -1.95. The number of benzene rings is 1. The molecule has 1 aliphatic heterocycles. The van der Waals surface area contributed by atoms with Gasteiger partial charge in [0.25, 0.3) is 5.91 Å². The minimum atomic E-state index is -0.707. The van der Waals surface area contributed by atoms with Crippen molar-refractivity contribution in [1.29, 1.82) is 0 Å². The number of fused-ring (bicyclic) bond motifs is 1. The predicted molar refractivity (Wildman–Crippen MR) is 64.6 cm³/mol. The van der Waals surface area contributed by atoms with E-state index in [1.54, 1.807) is 13.0 Å². The third-order valence-corrected chi connectivity index (χ3v) is 2.67. The van der Waals surface area contributed by atoms with Crippen molar-refractivity contribution in [3.8, 4) is 17.2 Å². The third-order valence-electron chi connectivity index (χ3n) is 2.67. The van der Waals surface area contributed by atoms with Gasteiger partial charge in [-0.3, -0.25) is 4.79 Å². The van der Waals surface area contributed by atoms with E-state index in [1.165, 1.54) is 0 Å². The Morgan fingerprint density at radius 3 is 2.72 bits per heavy atom. The predicted octanol–water partition coefficient (Wildman–Crippen LogP) is 0.169. The highest BCUT2D eigenvalue weighted by Gasteiger charge is 2.20. The van der Waals surface area contributed by atoms with E-state index in [0.717, 1.165) is 5.56 Å². The summed E-state index contributed by atoms with van der Waals surface area (Å²) in [5.74, 6) is 1.29. The molecule has 1 amide bonds. The minimum absolute atomic E-state index is 0.187. The molecule has 0 saturated carbocycles. The normalized spacial score (nSPS) is 14.3. The summed E-state index contributed by atoms with van der Waals surface area (Å²) in [4.78, 5) is 11.0. The van der Waals surface area contributed by atoms with Crippen molar-refractivity contribution in [2.24, 2.45) is 11.5 Å². The van der Waals surface area contributed by atoms with Crippen LogP contribution in [0.3, 0.4) is 0 Å². The highest BCUT2D eigenvalue weighted by molar-refractivity contribution is 5.78. The summed E-state index contributed by atoms with van der Waals surface area (Å²) < 4.78 is 16.1. The fourth-order valence-electron chi connectivity index (χ4n) is 1.67. The van der Waals surface area contributed by atoms with Crippen LogP contribution in [0, 0.1) is 0 Å². The van der Waals surface area contributed by atoms with Gasteiger partial charge in [-0.25, -0.2) is 0 Å². The number of carbonyl (C=O) groups excluding carboxylic acids is 1. The van der Waals surface area contributed by atoms with E-state index >= 15 is 0 Å². The molecule has 0 spiro atoms. The first-order chi connectivity index (χ1) is 8.61. The van der Waals surface area contributed by atoms with E-state index in [1.807, 2.05) is 6.07 Å². The van der Waals surface area contributed by atoms with Crippen LogP contribution in [-0.4, -0.2) is 25.3 Å². The van der Waals surface area contributed by atoms with Crippen molar-refractivity contribution in [1.82, 2.24) is 0 Å². The zero-order valence-corrected chi connectivity index (χ0v) is 10.1. The van der Waals surface area contributed by atoms with Crippen LogP contribution in [0.5, 0.6) is 17.2 Å². The molecular formula is C12H16N2O4. The lowest BCUT2D eigenvalue weighted by Crippen LogP contribution is -2.31. The molecule has 4 N–H and O–H groups in total. The number of primary amides is 1. The number of nitrogens with two attached hydrogens (primary N) is 2. The number of rotatable bonds is 5. The van der Waals surface area contributed by atoms with Gasteiger partial charge < -0.3 is 25.7 Å². The van der Waals surface area contributed by atoms with Gasteiger partial charge in [0.05, 0.1) is 0 Å². The minimum Gasteiger partial charge on any atom is -0.480 e. The lowest BCUT2D eigenvalue weighted by molar-refractivity contribution is -0.124. The fourth-order valence-corrected chi connectivity index (χ4v) is 1.67. The van der Waals surface area contributed by atoms with E-state index in [4.69, 9.17) is 25.7 Å². The van der Waals surface area contributed by atoms with Crippen LogP contribution in [0.1, 0.15) is 12.5 Å². The molecule has 0 bridgehead atoms. The van der Waals surface area contributed by atoms with Crippen LogP contribution in [0.25, 0.3) is 0 Å². The summed E-state index contributed by atoms with van der Waals surface area (Å²) in [6, 6.07) is 3.52. The molecule has 1 aromatic rings. The second kappa shape index (κ2) is 5.14. The fraction of sp³-hybridized carbons (Fsp3) is 0.417. The van der Waals surface area contributed by atoms with Crippen molar-refractivity contribution in [2.75, 3.05) is 13.3 Å². The zero-order chi connectivity index (χ0) is 13.1. The summed E-state index contributed by atoms with van der Waals surface area (Å²) in [7, 11) is 0. The molecular weight excluding hydrogens is 236 g/mol. The molecule has 0 fully saturated rings. The number of amides is 1. The quantitative estimate of drug-likeness (QED) is 0.778. The van der Waals surface area contributed by atoms with E-state index in [9.17, 15) is 4.79 Å². The van der Waals surface area contributed by atoms with E-state index in [2.05, 4.69) is 0 Å².